The molecule has 2 nitrogen and oxygen atoms in total. The van der Waals surface area contributed by atoms with Crippen LogP contribution < -0.4 is 0 Å². The van der Waals surface area contributed by atoms with E-state index in [2.05, 4.69) is 18.2 Å². The number of halogens is 2. The standard InChI is InChI=1S/C21H17Cl2NOS/c22-16-8-9-18(19(23)13-16)21-24(10-11-26-21)20(25)12-15-6-3-5-14-4-1-2-7-17(14)15/h1-9,13,21H,10-12H2. The summed E-state index contributed by atoms with van der Waals surface area (Å²) in [4.78, 5) is 15.0. The van der Waals surface area contributed by atoms with E-state index < -0.39 is 0 Å². The predicted octanol–water partition coefficient (Wildman–Crippen LogP) is 5.96. The summed E-state index contributed by atoms with van der Waals surface area (Å²) in [6, 6.07) is 19.8. The molecule has 5 heteroatoms. The number of nitrogens with zero attached hydrogens (tertiary/aromatic N) is 1. The van der Waals surface area contributed by atoms with E-state index in [-0.39, 0.29) is 11.3 Å². The molecule has 1 heterocycles. The van der Waals surface area contributed by atoms with Crippen molar-refractivity contribution in [2.75, 3.05) is 12.3 Å². The van der Waals surface area contributed by atoms with Crippen LogP contribution in [0.1, 0.15) is 16.5 Å². The third kappa shape index (κ3) is 3.44. The maximum Gasteiger partial charge on any atom is 0.228 e. The predicted molar refractivity (Wildman–Crippen MR) is 111 cm³/mol. The van der Waals surface area contributed by atoms with Crippen LogP contribution in [0.25, 0.3) is 10.8 Å². The smallest absolute Gasteiger partial charge is 0.228 e. The SMILES string of the molecule is O=C(Cc1cccc2ccccc12)N1CCSC1c1ccc(Cl)cc1Cl. The largest absolute Gasteiger partial charge is 0.325 e. The Balaban J connectivity index is 1.61. The van der Waals surface area contributed by atoms with Crippen molar-refractivity contribution in [3.05, 3.63) is 81.8 Å². The van der Waals surface area contributed by atoms with Gasteiger partial charge in [0.25, 0.3) is 0 Å². The molecule has 1 aliphatic heterocycles. The number of carbonyl (C=O) groups excluding carboxylic acids is 1. The van der Waals surface area contributed by atoms with E-state index in [4.69, 9.17) is 23.2 Å². The number of amides is 1. The third-order valence-corrected chi connectivity index (χ3v) is 6.47. The lowest BCUT2D eigenvalue weighted by Crippen LogP contribution is -2.31. The molecule has 0 bridgehead atoms. The lowest BCUT2D eigenvalue weighted by Gasteiger charge is -2.25. The van der Waals surface area contributed by atoms with E-state index in [1.807, 2.05) is 41.3 Å². The molecule has 1 amide bonds. The molecule has 1 unspecified atom stereocenters. The molecule has 0 saturated carbocycles. The quantitative estimate of drug-likeness (QED) is 0.539. The van der Waals surface area contributed by atoms with E-state index in [9.17, 15) is 4.79 Å². The van der Waals surface area contributed by atoms with Gasteiger partial charge < -0.3 is 4.90 Å². The molecular weight excluding hydrogens is 385 g/mol. The van der Waals surface area contributed by atoms with Gasteiger partial charge in [0, 0.05) is 27.9 Å². The second-order valence-electron chi connectivity index (χ2n) is 6.29. The third-order valence-electron chi connectivity index (χ3n) is 4.66. The fourth-order valence-corrected chi connectivity index (χ4v) is 5.29. The number of benzene rings is 3. The zero-order valence-electron chi connectivity index (χ0n) is 14.0. The monoisotopic (exact) mass is 401 g/mol. The van der Waals surface area contributed by atoms with E-state index in [1.165, 1.54) is 0 Å². The summed E-state index contributed by atoms with van der Waals surface area (Å²) in [7, 11) is 0. The summed E-state index contributed by atoms with van der Waals surface area (Å²) in [5.74, 6) is 1.03. The van der Waals surface area contributed by atoms with Crippen LogP contribution >= 0.6 is 35.0 Å². The zero-order valence-corrected chi connectivity index (χ0v) is 16.3. The van der Waals surface area contributed by atoms with E-state index >= 15 is 0 Å². The first-order valence-corrected chi connectivity index (χ1v) is 10.3. The molecule has 3 aromatic carbocycles. The molecule has 1 atom stereocenters. The number of rotatable bonds is 3. The average molecular weight is 402 g/mol. The van der Waals surface area contributed by atoms with Gasteiger partial charge in [-0.2, -0.15) is 0 Å². The average Bonchev–Trinajstić information content (AvgIpc) is 3.11. The minimum absolute atomic E-state index is 0.0535. The Morgan fingerprint density at radius 3 is 2.73 bits per heavy atom. The van der Waals surface area contributed by atoms with Crippen molar-refractivity contribution >= 4 is 51.6 Å². The van der Waals surface area contributed by atoms with E-state index in [1.54, 1.807) is 17.8 Å². The number of carbonyl (C=O) groups is 1. The number of thioether (sulfide) groups is 1. The van der Waals surface area contributed by atoms with Gasteiger partial charge in [-0.1, -0.05) is 71.7 Å². The second-order valence-corrected chi connectivity index (χ2v) is 8.32. The van der Waals surface area contributed by atoms with Gasteiger partial charge in [0.15, 0.2) is 0 Å². The Kier molecular flexibility index (Phi) is 5.12. The Morgan fingerprint density at radius 1 is 1.08 bits per heavy atom. The van der Waals surface area contributed by atoms with Gasteiger partial charge in [0.2, 0.25) is 5.91 Å². The molecule has 1 aliphatic rings. The molecule has 26 heavy (non-hydrogen) atoms. The van der Waals surface area contributed by atoms with Crippen molar-refractivity contribution in [1.29, 1.82) is 0 Å². The highest BCUT2D eigenvalue weighted by Gasteiger charge is 2.32. The molecule has 0 aromatic heterocycles. The Hall–Kier alpha value is -1.68. The molecular formula is C21H17Cl2NOS. The summed E-state index contributed by atoms with van der Waals surface area (Å²) in [5.41, 5.74) is 2.01. The van der Waals surface area contributed by atoms with E-state index in [0.29, 0.717) is 16.5 Å². The molecule has 132 valence electrons. The first-order chi connectivity index (χ1) is 12.6. The molecule has 4 rings (SSSR count). The van der Waals surface area contributed by atoms with Gasteiger partial charge in [-0.05, 0) is 28.5 Å². The van der Waals surface area contributed by atoms with Crippen molar-refractivity contribution in [2.45, 2.75) is 11.8 Å². The van der Waals surface area contributed by atoms with Crippen molar-refractivity contribution in [3.8, 4) is 0 Å². The summed E-state index contributed by atoms with van der Waals surface area (Å²) < 4.78 is 0. The van der Waals surface area contributed by atoms with Crippen LogP contribution in [0.3, 0.4) is 0 Å². The van der Waals surface area contributed by atoms with Gasteiger partial charge in [0.05, 0.1) is 6.42 Å². The summed E-state index contributed by atoms with van der Waals surface area (Å²) in [6.07, 6.45) is 0.392. The highest BCUT2D eigenvalue weighted by atomic mass is 35.5. The summed E-state index contributed by atoms with van der Waals surface area (Å²) in [6.45, 7) is 0.734. The van der Waals surface area contributed by atoms with Crippen molar-refractivity contribution < 1.29 is 4.79 Å². The van der Waals surface area contributed by atoms with Crippen LogP contribution in [0.2, 0.25) is 10.0 Å². The van der Waals surface area contributed by atoms with Crippen LogP contribution in [0.4, 0.5) is 0 Å². The Bertz CT molecular complexity index is 970. The van der Waals surface area contributed by atoms with Gasteiger partial charge in [-0.3, -0.25) is 4.79 Å². The summed E-state index contributed by atoms with van der Waals surface area (Å²) >= 11 is 14.1. The highest BCUT2D eigenvalue weighted by molar-refractivity contribution is 7.99. The van der Waals surface area contributed by atoms with E-state index in [0.717, 1.165) is 34.2 Å². The number of fused-ring (bicyclic) bond motifs is 1. The van der Waals surface area contributed by atoms with Crippen LogP contribution in [-0.4, -0.2) is 23.1 Å². The minimum atomic E-state index is -0.0535. The van der Waals surface area contributed by atoms with Crippen molar-refractivity contribution in [1.82, 2.24) is 4.90 Å². The van der Waals surface area contributed by atoms with Gasteiger partial charge in [-0.15, -0.1) is 11.8 Å². The normalized spacial score (nSPS) is 17.0. The van der Waals surface area contributed by atoms with Crippen LogP contribution in [0.15, 0.2) is 60.7 Å². The lowest BCUT2D eigenvalue weighted by atomic mass is 10.0. The zero-order chi connectivity index (χ0) is 18.1. The van der Waals surface area contributed by atoms with Crippen LogP contribution in [0.5, 0.6) is 0 Å². The fourth-order valence-electron chi connectivity index (χ4n) is 3.40. The number of hydrogen-bond donors (Lipinski definition) is 0. The molecule has 1 saturated heterocycles. The molecule has 0 aliphatic carbocycles. The lowest BCUT2D eigenvalue weighted by molar-refractivity contribution is -0.130. The maximum atomic E-state index is 13.1. The molecule has 0 radical (unpaired) electrons. The summed E-state index contributed by atoms with van der Waals surface area (Å²) in [5, 5.41) is 3.46. The van der Waals surface area contributed by atoms with Gasteiger partial charge in [0.1, 0.15) is 5.37 Å². The first-order valence-electron chi connectivity index (χ1n) is 8.46. The number of hydrogen-bond acceptors (Lipinski definition) is 2. The first kappa shape index (κ1) is 17.7. The highest BCUT2D eigenvalue weighted by Crippen LogP contribution is 2.41. The van der Waals surface area contributed by atoms with Gasteiger partial charge in [-0.25, -0.2) is 0 Å². The Morgan fingerprint density at radius 2 is 1.88 bits per heavy atom. The molecule has 0 N–H and O–H groups in total. The fraction of sp³-hybridized carbons (Fsp3) is 0.190. The maximum absolute atomic E-state index is 13.1. The molecule has 0 spiro atoms. The van der Waals surface area contributed by atoms with Crippen LogP contribution in [0, 0.1) is 0 Å². The van der Waals surface area contributed by atoms with Gasteiger partial charge >= 0.3 is 0 Å². The Labute approximate surface area is 167 Å². The van der Waals surface area contributed by atoms with Crippen molar-refractivity contribution in [2.24, 2.45) is 0 Å². The molecule has 3 aromatic rings. The second kappa shape index (κ2) is 7.51. The van der Waals surface area contributed by atoms with Crippen LogP contribution in [-0.2, 0) is 11.2 Å². The molecule has 1 fully saturated rings. The minimum Gasteiger partial charge on any atom is -0.325 e. The van der Waals surface area contributed by atoms with Crippen molar-refractivity contribution in [3.63, 3.8) is 0 Å². The topological polar surface area (TPSA) is 20.3 Å².